The molecule has 17 atom stereocenters. The van der Waals surface area contributed by atoms with Crippen LogP contribution in [0.3, 0.4) is 0 Å². The van der Waals surface area contributed by atoms with Gasteiger partial charge in [-0.3, -0.25) is 0 Å². The number of rotatable bonds is 9. The highest BCUT2D eigenvalue weighted by Crippen LogP contribution is 2.51. The van der Waals surface area contributed by atoms with Crippen LogP contribution < -0.4 is 4.74 Å². The van der Waals surface area contributed by atoms with E-state index in [0.29, 0.717) is 17.5 Å². The summed E-state index contributed by atoms with van der Waals surface area (Å²) in [5.41, 5.74) is 1.72. The first kappa shape index (κ1) is 38.5. The van der Waals surface area contributed by atoms with Crippen LogP contribution in [0.4, 0.5) is 0 Å². The number of aliphatic hydroxyl groups is 10. The smallest absolute Gasteiger partial charge is 0.229 e. The zero-order chi connectivity index (χ0) is 36.1. The maximum absolute atomic E-state index is 11.7. The number of phenols is 1. The van der Waals surface area contributed by atoms with E-state index in [0.717, 1.165) is 5.56 Å². The number of benzene rings is 1. The highest BCUT2D eigenvalue weighted by molar-refractivity contribution is 5.58. The second-order valence-corrected chi connectivity index (χ2v) is 13.8. The summed E-state index contributed by atoms with van der Waals surface area (Å²) in [6, 6.07) is 1.83. The predicted molar refractivity (Wildman–Crippen MR) is 163 cm³/mol. The highest BCUT2D eigenvalue weighted by atomic mass is 16.7. The summed E-state index contributed by atoms with van der Waals surface area (Å²) in [4.78, 5) is 0. The first-order valence-electron chi connectivity index (χ1n) is 16.5. The van der Waals surface area contributed by atoms with Crippen molar-refractivity contribution >= 4 is 0 Å². The van der Waals surface area contributed by atoms with Crippen LogP contribution in [0.5, 0.6) is 11.5 Å². The second kappa shape index (κ2) is 15.4. The highest BCUT2D eigenvalue weighted by Gasteiger charge is 2.49. The fourth-order valence-corrected chi connectivity index (χ4v) is 7.06. The lowest BCUT2D eigenvalue weighted by Crippen LogP contribution is -2.61. The Morgan fingerprint density at radius 2 is 1.39 bits per heavy atom. The lowest BCUT2D eigenvalue weighted by Gasteiger charge is -2.44. The topological polar surface area (TPSA) is 278 Å². The Morgan fingerprint density at radius 1 is 0.796 bits per heavy atom. The molecule has 1 aliphatic carbocycles. The normalized spacial score (nSPS) is 44.5. The third-order valence-corrected chi connectivity index (χ3v) is 10.2. The zero-order valence-corrected chi connectivity index (χ0v) is 27.7. The quantitative estimate of drug-likeness (QED) is 0.120. The third kappa shape index (κ3) is 7.44. The Hall–Kier alpha value is -1.78. The minimum atomic E-state index is -1.78. The fourth-order valence-electron chi connectivity index (χ4n) is 7.06. The zero-order valence-electron chi connectivity index (χ0n) is 27.7. The van der Waals surface area contributed by atoms with Crippen LogP contribution in [0.15, 0.2) is 6.07 Å². The summed E-state index contributed by atoms with van der Waals surface area (Å²) in [6.07, 6.45) is -21.7. The van der Waals surface area contributed by atoms with E-state index in [1.165, 1.54) is 0 Å². The van der Waals surface area contributed by atoms with Crippen molar-refractivity contribution in [3.05, 3.63) is 22.8 Å². The number of fused-ring (bicyclic) bond motifs is 1. The molecule has 49 heavy (non-hydrogen) atoms. The Kier molecular flexibility index (Phi) is 12.1. The molecule has 5 rings (SSSR count). The summed E-state index contributed by atoms with van der Waals surface area (Å²) in [5.74, 6) is -1.05. The van der Waals surface area contributed by atoms with E-state index in [1.54, 1.807) is 13.8 Å². The monoisotopic (exact) mass is 706 g/mol. The first-order chi connectivity index (χ1) is 23.1. The molecule has 11 N–H and O–H groups in total. The van der Waals surface area contributed by atoms with Gasteiger partial charge in [-0.15, -0.1) is 0 Å². The molecule has 3 saturated heterocycles. The Bertz CT molecular complexity index is 1260. The van der Waals surface area contributed by atoms with Crippen molar-refractivity contribution in [1.82, 2.24) is 0 Å². The van der Waals surface area contributed by atoms with Crippen molar-refractivity contribution in [2.45, 2.75) is 138 Å². The SMILES string of the molecule is Cc1cc2c(c(O)c1OC1OC(COC3OCC(O)C(O)C3O)C(O)C(O)C1O)C(C)C(OC1OC(CO)C(O)C(O)C1O)CC2C(C)C. The lowest BCUT2D eigenvalue weighted by molar-refractivity contribution is -0.313. The van der Waals surface area contributed by atoms with Crippen LogP contribution in [0, 0.1) is 12.8 Å². The molecule has 0 bridgehead atoms. The van der Waals surface area contributed by atoms with Crippen LogP contribution in [0.1, 0.15) is 55.7 Å². The Morgan fingerprint density at radius 3 is 2.02 bits per heavy atom. The predicted octanol–water partition coefficient (Wildman–Crippen LogP) is -3.23. The van der Waals surface area contributed by atoms with Gasteiger partial charge in [0.25, 0.3) is 0 Å². The number of aromatic hydroxyl groups is 1. The van der Waals surface area contributed by atoms with Gasteiger partial charge in [0.1, 0.15) is 67.1 Å². The maximum atomic E-state index is 11.7. The molecular weight excluding hydrogens is 656 g/mol. The molecule has 17 nitrogen and oxygen atoms in total. The molecular formula is C32H50O17. The molecule has 17 heteroatoms. The van der Waals surface area contributed by atoms with Crippen molar-refractivity contribution in [2.75, 3.05) is 19.8 Å². The molecule has 0 radical (unpaired) electrons. The van der Waals surface area contributed by atoms with E-state index in [2.05, 4.69) is 0 Å². The summed E-state index contributed by atoms with van der Waals surface area (Å²) in [5, 5.41) is 114. The molecule has 0 spiro atoms. The van der Waals surface area contributed by atoms with Gasteiger partial charge in [-0.2, -0.15) is 0 Å². The number of ether oxygens (including phenoxy) is 6. The summed E-state index contributed by atoms with van der Waals surface area (Å²) >= 11 is 0. The second-order valence-electron chi connectivity index (χ2n) is 13.8. The number of hydrogen-bond donors (Lipinski definition) is 11. The van der Waals surface area contributed by atoms with Crippen LogP contribution >= 0.6 is 0 Å². The van der Waals surface area contributed by atoms with E-state index < -0.39 is 111 Å². The fraction of sp³-hybridized carbons (Fsp3) is 0.812. The Labute approximate surface area is 282 Å². The van der Waals surface area contributed by atoms with Gasteiger partial charge in [-0.05, 0) is 36.3 Å². The molecule has 3 fully saturated rings. The van der Waals surface area contributed by atoms with E-state index >= 15 is 0 Å². The van der Waals surface area contributed by atoms with Crippen molar-refractivity contribution in [1.29, 1.82) is 0 Å². The molecule has 3 aliphatic heterocycles. The van der Waals surface area contributed by atoms with Crippen molar-refractivity contribution < 1.29 is 84.6 Å². The summed E-state index contributed by atoms with van der Waals surface area (Å²) in [6.45, 7) is 6.00. The van der Waals surface area contributed by atoms with Gasteiger partial charge in [0.05, 0.1) is 25.9 Å². The number of aryl methyl sites for hydroxylation is 1. The van der Waals surface area contributed by atoms with Crippen molar-refractivity contribution in [3.63, 3.8) is 0 Å². The molecule has 1 aromatic rings. The van der Waals surface area contributed by atoms with Gasteiger partial charge < -0.3 is 84.6 Å². The van der Waals surface area contributed by atoms with Crippen molar-refractivity contribution in [3.8, 4) is 11.5 Å². The van der Waals surface area contributed by atoms with Crippen LogP contribution in [0.2, 0.25) is 0 Å². The average Bonchev–Trinajstić information content (AvgIpc) is 3.06. The van der Waals surface area contributed by atoms with Crippen LogP contribution in [-0.2, 0) is 23.7 Å². The molecule has 4 aliphatic rings. The van der Waals surface area contributed by atoms with Gasteiger partial charge >= 0.3 is 0 Å². The minimum absolute atomic E-state index is 0.0506. The standard InChI is InChI=1S/C32H50O17/c1-10(2)13-6-16(46-31-27(42)24(39)21(36)17(7-33)47-31)12(4)19-14(13)5-11(3)29(23(19)38)49-32-28(43)25(40)22(37)18(48-32)9-45-30-26(41)20(35)15(34)8-44-30/h5,10,12-13,15-18,20-22,24-28,30-43H,6-9H2,1-4H3. The molecule has 1 aromatic carbocycles. The number of hydrogen-bond acceptors (Lipinski definition) is 17. The van der Waals surface area contributed by atoms with E-state index in [9.17, 15) is 56.2 Å². The first-order valence-corrected chi connectivity index (χ1v) is 16.5. The van der Waals surface area contributed by atoms with Crippen LogP contribution in [-0.4, -0.2) is 168 Å². The van der Waals surface area contributed by atoms with Gasteiger partial charge in [0.2, 0.25) is 6.29 Å². The largest absolute Gasteiger partial charge is 0.504 e. The van der Waals surface area contributed by atoms with Gasteiger partial charge in [-0.25, -0.2) is 0 Å². The molecule has 280 valence electrons. The maximum Gasteiger partial charge on any atom is 0.229 e. The van der Waals surface area contributed by atoms with Gasteiger partial charge in [-0.1, -0.05) is 26.8 Å². The number of phenolic OH excluding ortho intramolecular Hbond substituents is 1. The van der Waals surface area contributed by atoms with E-state index in [-0.39, 0.29) is 29.9 Å². The van der Waals surface area contributed by atoms with Gasteiger partial charge in [0, 0.05) is 11.5 Å². The molecule has 3 heterocycles. The molecule has 0 saturated carbocycles. The number of aliphatic hydroxyl groups excluding tert-OH is 10. The summed E-state index contributed by atoms with van der Waals surface area (Å²) in [7, 11) is 0. The van der Waals surface area contributed by atoms with E-state index in [1.807, 2.05) is 19.9 Å². The lowest BCUT2D eigenvalue weighted by atomic mass is 9.70. The van der Waals surface area contributed by atoms with Crippen molar-refractivity contribution in [2.24, 2.45) is 5.92 Å². The van der Waals surface area contributed by atoms with E-state index in [4.69, 9.17) is 28.4 Å². The molecule has 0 aromatic heterocycles. The molecule has 17 unspecified atom stereocenters. The average molecular weight is 707 g/mol. The Balaban J connectivity index is 1.37. The minimum Gasteiger partial charge on any atom is -0.504 e. The van der Waals surface area contributed by atoms with Gasteiger partial charge in [0.15, 0.2) is 24.1 Å². The summed E-state index contributed by atoms with van der Waals surface area (Å²) < 4.78 is 34.2. The van der Waals surface area contributed by atoms with Crippen LogP contribution in [0.25, 0.3) is 0 Å². The third-order valence-electron chi connectivity index (χ3n) is 10.2. The molecule has 0 amide bonds.